The van der Waals surface area contributed by atoms with Crippen LogP contribution in [0.15, 0.2) is 35.9 Å². The van der Waals surface area contributed by atoms with Crippen molar-refractivity contribution in [1.82, 2.24) is 5.32 Å². The molecule has 4 heteroatoms. The molecule has 0 fully saturated rings. The molecule has 2 rings (SSSR count). The molecule has 120 valence electrons. The molecule has 4 nitrogen and oxygen atoms in total. The Balaban J connectivity index is 1.57. The van der Waals surface area contributed by atoms with Gasteiger partial charge in [-0.15, -0.1) is 0 Å². The Morgan fingerprint density at radius 2 is 2.00 bits per heavy atom. The minimum Gasteiger partial charge on any atom is -0.497 e. The van der Waals surface area contributed by atoms with Gasteiger partial charge >= 0.3 is 0 Å². The van der Waals surface area contributed by atoms with E-state index in [0.29, 0.717) is 13.0 Å². The van der Waals surface area contributed by atoms with Crippen molar-refractivity contribution in [3.05, 3.63) is 35.9 Å². The van der Waals surface area contributed by atoms with E-state index < -0.39 is 0 Å². The minimum atomic E-state index is 0.109. The molecule has 0 heterocycles. The molecular formula is C18H26N2O2. The second kappa shape index (κ2) is 9.13. The third-order valence-electron chi connectivity index (χ3n) is 3.92. The monoisotopic (exact) mass is 302 g/mol. The number of ether oxygens (including phenoxy) is 1. The molecule has 1 aromatic carbocycles. The van der Waals surface area contributed by atoms with Crippen LogP contribution in [0, 0.1) is 0 Å². The second-order valence-corrected chi connectivity index (χ2v) is 5.61. The van der Waals surface area contributed by atoms with E-state index in [4.69, 9.17) is 4.74 Å². The van der Waals surface area contributed by atoms with E-state index in [0.717, 1.165) is 24.4 Å². The summed E-state index contributed by atoms with van der Waals surface area (Å²) in [7, 11) is 1.65. The lowest BCUT2D eigenvalue weighted by Gasteiger charge is -2.13. The summed E-state index contributed by atoms with van der Waals surface area (Å²) in [5.41, 5.74) is 2.50. The van der Waals surface area contributed by atoms with Gasteiger partial charge < -0.3 is 15.4 Å². The third kappa shape index (κ3) is 5.80. The summed E-state index contributed by atoms with van der Waals surface area (Å²) in [6.07, 6.45) is 8.84. The average Bonchev–Trinajstić information content (AvgIpc) is 2.56. The lowest BCUT2D eigenvalue weighted by molar-refractivity contribution is -0.120. The normalized spacial score (nSPS) is 14.1. The van der Waals surface area contributed by atoms with Crippen LogP contribution in [0.5, 0.6) is 5.75 Å². The fourth-order valence-corrected chi connectivity index (χ4v) is 2.61. The second-order valence-electron chi connectivity index (χ2n) is 5.61. The number of anilines is 1. The standard InChI is InChI=1S/C18H26N2O2/c1-22-17-9-7-16(8-10-17)19-14-12-18(21)20-13-11-15-5-3-2-4-6-15/h5,7-10,19H,2-4,6,11-14H2,1H3,(H,20,21). The van der Waals surface area contributed by atoms with Crippen molar-refractivity contribution in [1.29, 1.82) is 0 Å². The maximum atomic E-state index is 11.8. The molecule has 0 bridgehead atoms. The summed E-state index contributed by atoms with van der Waals surface area (Å²) in [5, 5.41) is 6.23. The van der Waals surface area contributed by atoms with Crippen molar-refractivity contribution in [2.24, 2.45) is 0 Å². The number of amides is 1. The largest absolute Gasteiger partial charge is 0.497 e. The molecule has 0 saturated heterocycles. The van der Waals surface area contributed by atoms with Crippen molar-refractivity contribution in [2.45, 2.75) is 38.5 Å². The van der Waals surface area contributed by atoms with Gasteiger partial charge in [0.1, 0.15) is 5.75 Å². The molecule has 0 unspecified atom stereocenters. The van der Waals surface area contributed by atoms with Gasteiger partial charge in [-0.25, -0.2) is 0 Å². The topological polar surface area (TPSA) is 50.4 Å². The number of nitrogens with one attached hydrogen (secondary N) is 2. The highest BCUT2D eigenvalue weighted by Crippen LogP contribution is 2.19. The molecule has 1 aromatic rings. The molecule has 1 aliphatic rings. The molecule has 1 amide bonds. The Kier molecular flexibility index (Phi) is 6.81. The molecule has 0 aromatic heterocycles. The molecule has 0 aliphatic heterocycles. The van der Waals surface area contributed by atoms with Gasteiger partial charge in [-0.2, -0.15) is 0 Å². The van der Waals surface area contributed by atoms with E-state index in [9.17, 15) is 4.79 Å². The summed E-state index contributed by atoms with van der Waals surface area (Å²) < 4.78 is 5.11. The summed E-state index contributed by atoms with van der Waals surface area (Å²) in [6.45, 7) is 1.40. The van der Waals surface area contributed by atoms with Crippen LogP contribution in [0.2, 0.25) is 0 Å². The van der Waals surface area contributed by atoms with Gasteiger partial charge in [0.05, 0.1) is 7.11 Å². The van der Waals surface area contributed by atoms with Gasteiger partial charge in [-0.3, -0.25) is 4.79 Å². The smallest absolute Gasteiger partial charge is 0.221 e. The fourth-order valence-electron chi connectivity index (χ4n) is 2.61. The lowest BCUT2D eigenvalue weighted by atomic mass is 9.97. The zero-order chi connectivity index (χ0) is 15.6. The minimum absolute atomic E-state index is 0.109. The van der Waals surface area contributed by atoms with Crippen LogP contribution in [0.4, 0.5) is 5.69 Å². The Morgan fingerprint density at radius 1 is 1.18 bits per heavy atom. The zero-order valence-electron chi connectivity index (χ0n) is 13.4. The Labute approximate surface area is 132 Å². The highest BCUT2D eigenvalue weighted by atomic mass is 16.5. The maximum Gasteiger partial charge on any atom is 0.221 e. The van der Waals surface area contributed by atoms with E-state index in [1.165, 1.54) is 31.3 Å². The SMILES string of the molecule is COc1ccc(NCCC(=O)NCCC2=CCCCC2)cc1. The van der Waals surface area contributed by atoms with E-state index in [2.05, 4.69) is 16.7 Å². The number of rotatable bonds is 8. The lowest BCUT2D eigenvalue weighted by Crippen LogP contribution is -2.26. The highest BCUT2D eigenvalue weighted by Gasteiger charge is 2.05. The van der Waals surface area contributed by atoms with Crippen LogP contribution in [-0.4, -0.2) is 26.1 Å². The maximum absolute atomic E-state index is 11.8. The molecule has 1 aliphatic carbocycles. The quantitative estimate of drug-likeness (QED) is 0.723. The molecule has 0 radical (unpaired) electrons. The number of carbonyl (C=O) groups excluding carboxylic acids is 1. The molecule has 0 spiro atoms. The number of carbonyl (C=O) groups is 1. The third-order valence-corrected chi connectivity index (χ3v) is 3.92. The van der Waals surface area contributed by atoms with E-state index in [1.807, 2.05) is 24.3 Å². The van der Waals surface area contributed by atoms with E-state index in [1.54, 1.807) is 7.11 Å². The summed E-state index contributed by atoms with van der Waals surface area (Å²) >= 11 is 0. The summed E-state index contributed by atoms with van der Waals surface area (Å²) in [4.78, 5) is 11.8. The molecule has 2 N–H and O–H groups in total. The van der Waals surface area contributed by atoms with Crippen molar-refractivity contribution in [3.8, 4) is 5.75 Å². The van der Waals surface area contributed by atoms with Crippen LogP contribution >= 0.6 is 0 Å². The first-order valence-corrected chi connectivity index (χ1v) is 8.10. The van der Waals surface area contributed by atoms with E-state index >= 15 is 0 Å². The van der Waals surface area contributed by atoms with Crippen molar-refractivity contribution >= 4 is 11.6 Å². The molecular weight excluding hydrogens is 276 g/mol. The molecule has 22 heavy (non-hydrogen) atoms. The number of methoxy groups -OCH3 is 1. The Morgan fingerprint density at radius 3 is 2.68 bits per heavy atom. The van der Waals surface area contributed by atoms with Crippen LogP contribution in [0.25, 0.3) is 0 Å². The van der Waals surface area contributed by atoms with Crippen LogP contribution in [0.3, 0.4) is 0 Å². The van der Waals surface area contributed by atoms with Crippen LogP contribution in [0.1, 0.15) is 38.5 Å². The molecule has 0 atom stereocenters. The summed E-state index contributed by atoms with van der Waals surface area (Å²) in [6, 6.07) is 7.71. The number of allylic oxidation sites excluding steroid dienone is 1. The average molecular weight is 302 g/mol. The Bertz CT molecular complexity index is 494. The predicted octanol–water partition coefficient (Wildman–Crippen LogP) is 3.50. The van der Waals surface area contributed by atoms with Crippen molar-refractivity contribution in [3.63, 3.8) is 0 Å². The van der Waals surface area contributed by atoms with Gasteiger partial charge in [0, 0.05) is 25.2 Å². The predicted molar refractivity (Wildman–Crippen MR) is 90.3 cm³/mol. The van der Waals surface area contributed by atoms with Crippen LogP contribution in [-0.2, 0) is 4.79 Å². The summed E-state index contributed by atoms with van der Waals surface area (Å²) in [5.74, 6) is 0.942. The van der Waals surface area contributed by atoms with Gasteiger partial charge in [0.2, 0.25) is 5.91 Å². The number of hydrogen-bond donors (Lipinski definition) is 2. The molecule has 0 saturated carbocycles. The Hall–Kier alpha value is -1.97. The number of hydrogen-bond acceptors (Lipinski definition) is 3. The van der Waals surface area contributed by atoms with Gasteiger partial charge in [0.25, 0.3) is 0 Å². The first-order chi connectivity index (χ1) is 10.8. The number of benzene rings is 1. The highest BCUT2D eigenvalue weighted by molar-refractivity contribution is 5.76. The van der Waals surface area contributed by atoms with Gasteiger partial charge in [-0.05, 0) is 56.4 Å². The van der Waals surface area contributed by atoms with Gasteiger partial charge in [-0.1, -0.05) is 11.6 Å². The van der Waals surface area contributed by atoms with E-state index in [-0.39, 0.29) is 5.91 Å². The zero-order valence-corrected chi connectivity index (χ0v) is 13.4. The first-order valence-electron chi connectivity index (χ1n) is 8.10. The van der Waals surface area contributed by atoms with Crippen molar-refractivity contribution in [2.75, 3.05) is 25.5 Å². The van der Waals surface area contributed by atoms with Crippen molar-refractivity contribution < 1.29 is 9.53 Å². The first kappa shape index (κ1) is 16.4. The van der Waals surface area contributed by atoms with Crippen LogP contribution < -0.4 is 15.4 Å². The van der Waals surface area contributed by atoms with Gasteiger partial charge in [0.15, 0.2) is 0 Å². The fraction of sp³-hybridized carbons (Fsp3) is 0.500.